The molecule has 1 fully saturated rings. The summed E-state index contributed by atoms with van der Waals surface area (Å²) in [6.07, 6.45) is 1.59. The maximum absolute atomic E-state index is 13.1. The highest BCUT2D eigenvalue weighted by Gasteiger charge is 2.25. The number of H-pyrrole nitrogens is 1. The lowest BCUT2D eigenvalue weighted by Gasteiger charge is -2.35. The predicted molar refractivity (Wildman–Crippen MR) is 80.9 cm³/mol. The summed E-state index contributed by atoms with van der Waals surface area (Å²) in [7, 11) is -2.49. The number of aromatic amines is 1. The van der Waals surface area contributed by atoms with Crippen molar-refractivity contribution >= 4 is 8.60 Å². The van der Waals surface area contributed by atoms with E-state index in [-0.39, 0.29) is 17.9 Å². The van der Waals surface area contributed by atoms with Gasteiger partial charge < -0.3 is 24.0 Å². The molecule has 1 aliphatic heterocycles. The third-order valence-electron chi connectivity index (χ3n) is 3.64. The van der Waals surface area contributed by atoms with Gasteiger partial charge in [0, 0.05) is 13.1 Å². The van der Waals surface area contributed by atoms with Crippen LogP contribution in [0.15, 0.2) is 30.5 Å². The van der Waals surface area contributed by atoms with E-state index in [9.17, 15) is 4.39 Å². The number of aromatic nitrogens is 2. The first-order chi connectivity index (χ1) is 11.1. The summed E-state index contributed by atoms with van der Waals surface area (Å²) in [6.45, 7) is 2.44. The molecule has 23 heavy (non-hydrogen) atoms. The summed E-state index contributed by atoms with van der Waals surface area (Å²) in [6, 6.07) is 6.49. The molecule has 2 aromatic rings. The summed E-state index contributed by atoms with van der Waals surface area (Å²) in [5.74, 6) is -0.267. The molecule has 1 saturated heterocycles. The van der Waals surface area contributed by atoms with Crippen LogP contribution in [0.2, 0.25) is 0 Å². The van der Waals surface area contributed by atoms with Crippen LogP contribution in [-0.4, -0.2) is 44.4 Å². The molecule has 0 aliphatic carbocycles. The Balaban J connectivity index is 1.71. The fraction of sp³-hybridized carbons (Fsp3) is 0.357. The van der Waals surface area contributed by atoms with Crippen molar-refractivity contribution in [1.82, 2.24) is 14.9 Å². The number of hydrogen-bond donors (Lipinski definition) is 3. The van der Waals surface area contributed by atoms with Crippen LogP contribution in [-0.2, 0) is 11.3 Å². The number of benzene rings is 1. The van der Waals surface area contributed by atoms with Crippen molar-refractivity contribution < 1.29 is 23.4 Å². The number of ether oxygens (including phenoxy) is 1. The Hall–Kier alpha value is -1.57. The molecule has 0 radical (unpaired) electrons. The van der Waals surface area contributed by atoms with Gasteiger partial charge in [-0.25, -0.2) is 9.37 Å². The first-order valence-corrected chi connectivity index (χ1v) is 8.25. The van der Waals surface area contributed by atoms with Crippen LogP contribution in [0.5, 0.6) is 6.01 Å². The zero-order chi connectivity index (χ0) is 16.2. The molecular formula is C14H17FN3O4P. The monoisotopic (exact) mass is 341 g/mol. The second-order valence-corrected chi connectivity index (χ2v) is 5.86. The van der Waals surface area contributed by atoms with E-state index in [2.05, 4.69) is 14.9 Å². The molecule has 3 rings (SSSR count). The molecule has 2 heterocycles. The molecular weight excluding hydrogens is 324 g/mol. The third kappa shape index (κ3) is 4.25. The maximum atomic E-state index is 13.1. The van der Waals surface area contributed by atoms with Gasteiger partial charge in [0.1, 0.15) is 5.82 Å². The fourth-order valence-corrected chi connectivity index (χ4v) is 2.83. The standard InChI is InChI=1S/C14H17FN3O4P/c15-11-3-1-10(2-4-11)13-9-21-6-5-18(13)8-12-7-16-14(17-12)22-23(19)20/h1-4,7,13,19-20H,5-6,8-9H2,(H,16,17)/t13-/m1/s1. The van der Waals surface area contributed by atoms with E-state index in [1.165, 1.54) is 12.1 Å². The van der Waals surface area contributed by atoms with Gasteiger partial charge in [-0.2, -0.15) is 0 Å². The molecule has 1 atom stereocenters. The minimum absolute atomic E-state index is 0.0184. The van der Waals surface area contributed by atoms with Gasteiger partial charge in [0.05, 0.1) is 31.1 Å². The van der Waals surface area contributed by atoms with Gasteiger partial charge in [-0.3, -0.25) is 4.90 Å². The minimum Gasteiger partial charge on any atom is -0.393 e. The van der Waals surface area contributed by atoms with Crippen LogP contribution in [0.3, 0.4) is 0 Å². The van der Waals surface area contributed by atoms with Gasteiger partial charge in [-0.15, -0.1) is 0 Å². The van der Waals surface area contributed by atoms with Crippen molar-refractivity contribution in [2.75, 3.05) is 19.8 Å². The number of nitrogens with one attached hydrogen (secondary N) is 1. The highest BCUT2D eigenvalue weighted by Crippen LogP contribution is 2.28. The fourth-order valence-electron chi connectivity index (χ4n) is 2.58. The Labute approximate surface area is 133 Å². The summed E-state index contributed by atoms with van der Waals surface area (Å²) in [5, 5.41) is 0. The number of imidazole rings is 1. The lowest BCUT2D eigenvalue weighted by atomic mass is 10.0. The van der Waals surface area contributed by atoms with Gasteiger partial charge in [-0.05, 0) is 17.7 Å². The molecule has 0 spiro atoms. The van der Waals surface area contributed by atoms with Gasteiger partial charge in [0.25, 0.3) is 6.01 Å². The summed E-state index contributed by atoms with van der Waals surface area (Å²) in [4.78, 5) is 26.7. The Morgan fingerprint density at radius 2 is 2.17 bits per heavy atom. The van der Waals surface area contributed by atoms with Crippen LogP contribution in [0.1, 0.15) is 17.3 Å². The molecule has 1 aromatic carbocycles. The average Bonchev–Trinajstić information content (AvgIpc) is 2.95. The van der Waals surface area contributed by atoms with Crippen LogP contribution in [0.25, 0.3) is 0 Å². The second kappa shape index (κ2) is 7.33. The van der Waals surface area contributed by atoms with Gasteiger partial charge in [0.15, 0.2) is 0 Å². The van der Waals surface area contributed by atoms with E-state index in [1.54, 1.807) is 18.3 Å². The van der Waals surface area contributed by atoms with Crippen LogP contribution in [0, 0.1) is 5.82 Å². The maximum Gasteiger partial charge on any atom is 0.393 e. The van der Waals surface area contributed by atoms with Crippen molar-refractivity contribution in [3.63, 3.8) is 0 Å². The first-order valence-electron chi connectivity index (χ1n) is 7.09. The minimum atomic E-state index is -2.49. The lowest BCUT2D eigenvalue weighted by Crippen LogP contribution is -2.39. The van der Waals surface area contributed by atoms with E-state index in [4.69, 9.17) is 19.0 Å². The molecule has 0 unspecified atom stereocenters. The molecule has 1 aromatic heterocycles. The highest BCUT2D eigenvalue weighted by molar-refractivity contribution is 7.39. The normalized spacial score (nSPS) is 19.2. The van der Waals surface area contributed by atoms with Gasteiger partial charge >= 0.3 is 8.60 Å². The number of halogens is 1. The van der Waals surface area contributed by atoms with Crippen LogP contribution in [0.4, 0.5) is 4.39 Å². The van der Waals surface area contributed by atoms with Crippen molar-refractivity contribution in [3.8, 4) is 6.01 Å². The van der Waals surface area contributed by atoms with Crippen LogP contribution >= 0.6 is 8.60 Å². The Bertz CT molecular complexity index is 637. The summed E-state index contributed by atoms with van der Waals surface area (Å²) >= 11 is 0. The van der Waals surface area contributed by atoms with E-state index in [1.807, 2.05) is 0 Å². The molecule has 0 amide bonds. The zero-order valence-electron chi connectivity index (χ0n) is 12.2. The van der Waals surface area contributed by atoms with Gasteiger partial charge in [0.2, 0.25) is 0 Å². The van der Waals surface area contributed by atoms with Gasteiger partial charge in [-0.1, -0.05) is 12.1 Å². The van der Waals surface area contributed by atoms with Crippen molar-refractivity contribution in [2.45, 2.75) is 12.6 Å². The molecule has 3 N–H and O–H groups in total. The second-order valence-electron chi connectivity index (χ2n) is 5.17. The molecule has 9 heteroatoms. The Morgan fingerprint density at radius 3 is 2.91 bits per heavy atom. The molecule has 0 bridgehead atoms. The topological polar surface area (TPSA) is 90.8 Å². The predicted octanol–water partition coefficient (Wildman–Crippen LogP) is 1.71. The smallest absolute Gasteiger partial charge is 0.393 e. The number of nitrogens with zero attached hydrogens (tertiary/aromatic N) is 2. The lowest BCUT2D eigenvalue weighted by molar-refractivity contribution is -0.0132. The summed E-state index contributed by atoms with van der Waals surface area (Å²) < 4.78 is 23.4. The van der Waals surface area contributed by atoms with E-state index in [0.717, 1.165) is 17.8 Å². The van der Waals surface area contributed by atoms with Crippen molar-refractivity contribution in [2.24, 2.45) is 0 Å². The third-order valence-corrected chi connectivity index (χ3v) is 3.98. The van der Waals surface area contributed by atoms with Crippen molar-refractivity contribution in [3.05, 3.63) is 47.5 Å². The zero-order valence-corrected chi connectivity index (χ0v) is 13.1. The number of rotatable bonds is 5. The average molecular weight is 341 g/mol. The molecule has 0 saturated carbocycles. The number of hydrogen-bond acceptors (Lipinski definition) is 6. The molecule has 124 valence electrons. The highest BCUT2D eigenvalue weighted by atomic mass is 31.2. The summed E-state index contributed by atoms with van der Waals surface area (Å²) in [5.41, 5.74) is 1.77. The molecule has 1 aliphatic rings. The van der Waals surface area contributed by atoms with E-state index in [0.29, 0.717) is 19.8 Å². The van der Waals surface area contributed by atoms with E-state index < -0.39 is 8.60 Å². The number of morpholine rings is 1. The van der Waals surface area contributed by atoms with Crippen LogP contribution < -0.4 is 4.52 Å². The first kappa shape index (κ1) is 16.3. The van der Waals surface area contributed by atoms with E-state index >= 15 is 0 Å². The Kier molecular flexibility index (Phi) is 5.20. The SMILES string of the molecule is OP(O)Oc1ncc(CN2CCOC[C@@H]2c2ccc(F)cc2)[nH]1. The largest absolute Gasteiger partial charge is 0.393 e. The quantitative estimate of drug-likeness (QED) is 0.718. The Morgan fingerprint density at radius 1 is 1.39 bits per heavy atom. The molecule has 7 nitrogen and oxygen atoms in total. The van der Waals surface area contributed by atoms with Crippen molar-refractivity contribution in [1.29, 1.82) is 0 Å².